The fourth-order valence-corrected chi connectivity index (χ4v) is 3.10. The van der Waals surface area contributed by atoms with Crippen LogP contribution in [-0.2, 0) is 15.1 Å². The second-order valence-electron chi connectivity index (χ2n) is 6.42. The van der Waals surface area contributed by atoms with Gasteiger partial charge in [-0.25, -0.2) is 4.79 Å². The maximum absolute atomic E-state index is 12.9. The van der Waals surface area contributed by atoms with Gasteiger partial charge in [0, 0.05) is 6.54 Å². The number of ether oxygens (including phenoxy) is 1. The van der Waals surface area contributed by atoms with E-state index in [1.165, 1.54) is 0 Å². The minimum absolute atomic E-state index is 0. The molecule has 148 valence electrons. The molecule has 0 aliphatic carbocycles. The fourth-order valence-electron chi connectivity index (χ4n) is 3.10. The summed E-state index contributed by atoms with van der Waals surface area (Å²) in [5.41, 5.74) is -0.784. The predicted octanol–water partition coefficient (Wildman–Crippen LogP) is 4.01. The molecular weight excluding hydrogens is 362 g/mol. The molecule has 0 atom stereocenters. The summed E-state index contributed by atoms with van der Waals surface area (Å²) < 4.78 is 5.51. The Labute approximate surface area is 168 Å². The number of rotatable bonds is 10. The van der Waals surface area contributed by atoms with Gasteiger partial charge in [0.15, 0.2) is 0 Å². The highest BCUT2D eigenvalue weighted by Gasteiger charge is 2.41. The Morgan fingerprint density at radius 1 is 0.889 bits per heavy atom. The average Bonchev–Trinajstić information content (AvgIpc) is 2.69. The number of esters is 1. The molecule has 4 nitrogen and oxygen atoms in total. The highest BCUT2D eigenvalue weighted by Crippen LogP contribution is 2.30. The van der Waals surface area contributed by atoms with Crippen LogP contribution < -0.4 is 0 Å². The quantitative estimate of drug-likeness (QED) is 0.622. The van der Waals surface area contributed by atoms with Crippen molar-refractivity contribution in [2.24, 2.45) is 0 Å². The maximum atomic E-state index is 12.9. The van der Waals surface area contributed by atoms with Crippen molar-refractivity contribution in [3.05, 3.63) is 71.8 Å². The summed E-state index contributed by atoms with van der Waals surface area (Å²) in [7, 11) is 0. The number of halogens is 1. The van der Waals surface area contributed by atoms with Crippen molar-refractivity contribution in [2.75, 3.05) is 26.2 Å². The summed E-state index contributed by atoms with van der Waals surface area (Å²) in [6, 6.07) is 17.9. The third-order valence-electron chi connectivity index (χ3n) is 4.40. The molecule has 2 aromatic rings. The lowest BCUT2D eigenvalue weighted by Gasteiger charge is -2.28. The van der Waals surface area contributed by atoms with Crippen LogP contribution in [0.3, 0.4) is 0 Å². The molecule has 0 saturated carbocycles. The Balaban J connectivity index is 0.00000364. The van der Waals surface area contributed by atoms with Crippen LogP contribution in [0.2, 0.25) is 0 Å². The predicted molar refractivity (Wildman–Crippen MR) is 111 cm³/mol. The molecule has 0 unspecified atom stereocenters. The molecule has 2 aromatic carbocycles. The summed E-state index contributed by atoms with van der Waals surface area (Å²) in [6.45, 7) is 7.17. The van der Waals surface area contributed by atoms with Gasteiger partial charge < -0.3 is 9.84 Å². The molecule has 0 amide bonds. The first-order valence-electron chi connectivity index (χ1n) is 9.35. The van der Waals surface area contributed by atoms with Crippen LogP contribution in [0, 0.1) is 0 Å². The number of carbonyl (C=O) groups is 1. The Hall–Kier alpha value is -1.88. The molecule has 0 radical (unpaired) electrons. The lowest BCUT2D eigenvalue weighted by atomic mass is 9.86. The number of benzene rings is 2. The summed E-state index contributed by atoms with van der Waals surface area (Å²) in [5, 5.41) is 11.3. The van der Waals surface area contributed by atoms with E-state index in [0.717, 1.165) is 25.9 Å². The van der Waals surface area contributed by atoms with Crippen molar-refractivity contribution in [2.45, 2.75) is 32.3 Å². The number of hydrogen-bond acceptors (Lipinski definition) is 4. The van der Waals surface area contributed by atoms with Crippen molar-refractivity contribution in [1.29, 1.82) is 0 Å². The summed E-state index contributed by atoms with van der Waals surface area (Å²) in [5.74, 6) is -0.636. The van der Waals surface area contributed by atoms with Gasteiger partial charge in [-0.15, -0.1) is 12.4 Å². The molecule has 2 rings (SSSR count). The average molecular weight is 392 g/mol. The largest absolute Gasteiger partial charge is 0.462 e. The Morgan fingerprint density at radius 3 is 1.74 bits per heavy atom. The molecule has 0 spiro atoms. The summed E-state index contributed by atoms with van der Waals surface area (Å²) in [4.78, 5) is 15.1. The maximum Gasteiger partial charge on any atom is 0.347 e. The van der Waals surface area contributed by atoms with Crippen molar-refractivity contribution in [3.63, 3.8) is 0 Å². The van der Waals surface area contributed by atoms with Crippen molar-refractivity contribution in [1.82, 2.24) is 4.90 Å². The first kappa shape index (κ1) is 23.2. The molecule has 0 aromatic heterocycles. The normalized spacial score (nSPS) is 11.1. The van der Waals surface area contributed by atoms with Gasteiger partial charge >= 0.3 is 5.97 Å². The van der Waals surface area contributed by atoms with Gasteiger partial charge in [-0.2, -0.15) is 0 Å². The highest BCUT2D eigenvalue weighted by atomic mass is 35.5. The van der Waals surface area contributed by atoms with Crippen LogP contribution in [0.1, 0.15) is 37.8 Å². The van der Waals surface area contributed by atoms with E-state index in [9.17, 15) is 9.90 Å². The Kier molecular flexibility index (Phi) is 10.1. The monoisotopic (exact) mass is 391 g/mol. The van der Waals surface area contributed by atoms with Crippen molar-refractivity contribution in [3.8, 4) is 0 Å². The molecule has 0 fully saturated rings. The van der Waals surface area contributed by atoms with Crippen LogP contribution in [0.25, 0.3) is 0 Å². The lowest BCUT2D eigenvalue weighted by Crippen LogP contribution is -2.40. The van der Waals surface area contributed by atoms with Gasteiger partial charge in [0.05, 0.1) is 0 Å². The lowest BCUT2D eigenvalue weighted by molar-refractivity contribution is -0.162. The Bertz CT molecular complexity index is 618. The van der Waals surface area contributed by atoms with E-state index >= 15 is 0 Å². The zero-order valence-electron chi connectivity index (χ0n) is 16.1. The van der Waals surface area contributed by atoms with E-state index in [-0.39, 0.29) is 19.0 Å². The standard InChI is InChI=1S/C22H29NO3.ClH/c1-3-15-23(16-4-2)17-18-26-21(24)22(25,19-11-7-5-8-12-19)20-13-9-6-10-14-20;/h5-14,25H,3-4,15-18H2,1-2H3;1H. The van der Waals surface area contributed by atoms with Crippen LogP contribution in [-0.4, -0.2) is 42.2 Å². The van der Waals surface area contributed by atoms with E-state index in [0.29, 0.717) is 17.7 Å². The molecule has 0 bridgehead atoms. The molecule has 0 saturated heterocycles. The fraction of sp³-hybridized carbons (Fsp3) is 0.409. The summed E-state index contributed by atoms with van der Waals surface area (Å²) in [6.07, 6.45) is 2.12. The van der Waals surface area contributed by atoms with Crippen LogP contribution in [0.4, 0.5) is 0 Å². The van der Waals surface area contributed by atoms with Crippen LogP contribution in [0.15, 0.2) is 60.7 Å². The third kappa shape index (κ3) is 6.06. The number of aliphatic hydroxyl groups is 1. The van der Waals surface area contributed by atoms with Crippen molar-refractivity contribution < 1.29 is 14.6 Å². The van der Waals surface area contributed by atoms with E-state index in [1.807, 2.05) is 12.1 Å². The van der Waals surface area contributed by atoms with Crippen LogP contribution in [0.5, 0.6) is 0 Å². The summed E-state index contributed by atoms with van der Waals surface area (Å²) >= 11 is 0. The molecule has 0 aliphatic heterocycles. The molecule has 27 heavy (non-hydrogen) atoms. The number of nitrogens with zero attached hydrogens (tertiary/aromatic N) is 1. The Morgan fingerprint density at radius 2 is 1.33 bits per heavy atom. The van der Waals surface area contributed by atoms with E-state index in [4.69, 9.17) is 4.74 Å². The van der Waals surface area contributed by atoms with Gasteiger partial charge in [-0.1, -0.05) is 74.5 Å². The second-order valence-corrected chi connectivity index (χ2v) is 6.42. The minimum Gasteiger partial charge on any atom is -0.462 e. The molecule has 1 N–H and O–H groups in total. The SMILES string of the molecule is CCCN(CCC)CCOC(=O)C(O)(c1ccccc1)c1ccccc1.Cl. The van der Waals surface area contributed by atoms with Gasteiger partial charge in [0.2, 0.25) is 5.60 Å². The van der Waals surface area contributed by atoms with Crippen molar-refractivity contribution >= 4 is 18.4 Å². The van der Waals surface area contributed by atoms with E-state index in [1.54, 1.807) is 48.5 Å². The minimum atomic E-state index is -1.80. The zero-order chi connectivity index (χ0) is 18.8. The topological polar surface area (TPSA) is 49.8 Å². The van der Waals surface area contributed by atoms with Gasteiger partial charge in [0.25, 0.3) is 0 Å². The van der Waals surface area contributed by atoms with E-state index in [2.05, 4.69) is 18.7 Å². The van der Waals surface area contributed by atoms with Crippen LogP contribution >= 0.6 is 12.4 Å². The first-order valence-corrected chi connectivity index (χ1v) is 9.35. The van der Waals surface area contributed by atoms with Gasteiger partial charge in [0.1, 0.15) is 6.61 Å². The number of carbonyl (C=O) groups excluding carboxylic acids is 1. The van der Waals surface area contributed by atoms with Gasteiger partial charge in [-0.3, -0.25) is 4.90 Å². The second kappa shape index (κ2) is 11.8. The first-order chi connectivity index (χ1) is 12.6. The third-order valence-corrected chi connectivity index (χ3v) is 4.40. The highest BCUT2D eigenvalue weighted by molar-refractivity contribution is 5.85. The molecule has 5 heteroatoms. The number of hydrogen-bond donors (Lipinski definition) is 1. The molecule has 0 aliphatic rings. The smallest absolute Gasteiger partial charge is 0.347 e. The van der Waals surface area contributed by atoms with E-state index < -0.39 is 11.6 Å². The zero-order valence-corrected chi connectivity index (χ0v) is 17.0. The molecular formula is C22H30ClNO3. The van der Waals surface area contributed by atoms with Gasteiger partial charge in [-0.05, 0) is 37.1 Å². The molecule has 0 heterocycles.